The first-order valence-corrected chi connectivity index (χ1v) is 7.53. The van der Waals surface area contributed by atoms with Gasteiger partial charge in [-0.1, -0.05) is 23.7 Å². The molecule has 1 aromatic heterocycles. The fraction of sp³-hybridized carbons (Fsp3) is 0.214. The zero-order chi connectivity index (χ0) is 14.5. The van der Waals surface area contributed by atoms with Gasteiger partial charge in [0.25, 0.3) is 0 Å². The number of hydrogen-bond donors (Lipinski definition) is 1. The van der Waals surface area contributed by atoms with E-state index < -0.39 is 11.9 Å². The maximum absolute atomic E-state index is 11.5. The van der Waals surface area contributed by atoms with Crippen molar-refractivity contribution in [1.82, 2.24) is 9.97 Å². The average Bonchev–Trinajstić information content (AvgIpc) is 2.44. The third-order valence-corrected chi connectivity index (χ3v) is 3.73. The van der Waals surface area contributed by atoms with Crippen LogP contribution in [0.25, 0.3) is 0 Å². The Morgan fingerprint density at radius 3 is 2.85 bits per heavy atom. The minimum Gasteiger partial charge on any atom is -0.481 e. The number of thioether (sulfide) groups is 1. The molecule has 6 heteroatoms. The van der Waals surface area contributed by atoms with Gasteiger partial charge in [0.1, 0.15) is 12.2 Å². The van der Waals surface area contributed by atoms with Gasteiger partial charge in [0.05, 0.1) is 10.7 Å². The molecule has 0 bridgehead atoms. The normalized spacial score (nSPS) is 12.1. The maximum atomic E-state index is 11.5. The number of aliphatic carboxylic acids is 1. The van der Waals surface area contributed by atoms with Crippen LogP contribution in [0, 0.1) is 0 Å². The van der Waals surface area contributed by atoms with Gasteiger partial charge >= 0.3 is 5.97 Å². The predicted molar refractivity (Wildman–Crippen MR) is 79.3 cm³/mol. The van der Waals surface area contributed by atoms with Crippen LogP contribution in [-0.4, -0.2) is 27.3 Å². The SMILES string of the molecule is CSc1cc(C(Cc2cccc(Cl)c2)C(=O)O)ncn1. The van der Waals surface area contributed by atoms with E-state index in [0.717, 1.165) is 10.6 Å². The fourth-order valence-electron chi connectivity index (χ4n) is 1.87. The van der Waals surface area contributed by atoms with Gasteiger partial charge in [-0.05, 0) is 36.4 Å². The number of benzene rings is 1. The molecule has 1 atom stereocenters. The molecule has 0 amide bonds. The summed E-state index contributed by atoms with van der Waals surface area (Å²) in [5, 5.41) is 10.8. The lowest BCUT2D eigenvalue weighted by atomic mass is 9.96. The zero-order valence-electron chi connectivity index (χ0n) is 10.8. The molecule has 4 nitrogen and oxygen atoms in total. The van der Waals surface area contributed by atoms with Gasteiger partial charge in [-0.2, -0.15) is 0 Å². The highest BCUT2D eigenvalue weighted by molar-refractivity contribution is 7.98. The number of hydrogen-bond acceptors (Lipinski definition) is 4. The molecule has 1 heterocycles. The molecule has 2 aromatic rings. The molecular weight excluding hydrogens is 296 g/mol. The predicted octanol–water partition coefficient (Wildman–Crippen LogP) is 3.26. The van der Waals surface area contributed by atoms with Gasteiger partial charge in [0, 0.05) is 5.02 Å². The molecule has 0 saturated carbocycles. The molecule has 1 N–H and O–H groups in total. The molecule has 0 spiro atoms. The summed E-state index contributed by atoms with van der Waals surface area (Å²) in [6, 6.07) is 8.92. The highest BCUT2D eigenvalue weighted by Crippen LogP contribution is 2.23. The van der Waals surface area contributed by atoms with Crippen LogP contribution in [0.15, 0.2) is 41.7 Å². The molecule has 0 aliphatic heterocycles. The Labute approximate surface area is 126 Å². The molecule has 2 rings (SSSR count). The van der Waals surface area contributed by atoms with Crippen molar-refractivity contribution in [2.45, 2.75) is 17.4 Å². The first-order valence-electron chi connectivity index (χ1n) is 5.93. The van der Waals surface area contributed by atoms with Gasteiger partial charge in [0.15, 0.2) is 0 Å². The van der Waals surface area contributed by atoms with Gasteiger partial charge in [-0.15, -0.1) is 11.8 Å². The van der Waals surface area contributed by atoms with Crippen molar-refractivity contribution in [3.8, 4) is 0 Å². The quantitative estimate of drug-likeness (QED) is 0.678. The molecular formula is C14H13ClN2O2S. The first kappa shape index (κ1) is 14.8. The van der Waals surface area contributed by atoms with Crippen LogP contribution >= 0.6 is 23.4 Å². The third-order valence-electron chi connectivity index (χ3n) is 2.86. The molecule has 0 aliphatic carbocycles. The Balaban J connectivity index is 2.29. The van der Waals surface area contributed by atoms with E-state index in [1.165, 1.54) is 18.1 Å². The smallest absolute Gasteiger partial charge is 0.312 e. The van der Waals surface area contributed by atoms with Crippen LogP contribution in [0.1, 0.15) is 17.2 Å². The van der Waals surface area contributed by atoms with Gasteiger partial charge in [0.2, 0.25) is 0 Å². The Bertz CT molecular complexity index is 622. The summed E-state index contributed by atoms with van der Waals surface area (Å²) in [6.45, 7) is 0. The van der Waals surface area contributed by atoms with E-state index in [1.54, 1.807) is 18.2 Å². The van der Waals surface area contributed by atoms with E-state index in [1.807, 2.05) is 18.4 Å². The lowest BCUT2D eigenvalue weighted by Crippen LogP contribution is -2.16. The number of rotatable bonds is 5. The minimum atomic E-state index is -0.907. The molecule has 0 radical (unpaired) electrons. The molecule has 1 unspecified atom stereocenters. The second-order valence-corrected chi connectivity index (χ2v) is 5.47. The largest absolute Gasteiger partial charge is 0.481 e. The summed E-state index contributed by atoms with van der Waals surface area (Å²) in [4.78, 5) is 19.6. The molecule has 0 saturated heterocycles. The van der Waals surface area contributed by atoms with Crippen molar-refractivity contribution < 1.29 is 9.90 Å². The average molecular weight is 309 g/mol. The highest BCUT2D eigenvalue weighted by atomic mass is 35.5. The van der Waals surface area contributed by atoms with Crippen molar-refractivity contribution in [2.75, 3.05) is 6.26 Å². The topological polar surface area (TPSA) is 63.1 Å². The number of halogens is 1. The number of carbonyl (C=O) groups is 1. The molecule has 0 aliphatic rings. The molecule has 104 valence electrons. The second-order valence-electron chi connectivity index (χ2n) is 4.21. The highest BCUT2D eigenvalue weighted by Gasteiger charge is 2.22. The van der Waals surface area contributed by atoms with E-state index >= 15 is 0 Å². The Hall–Kier alpha value is -1.59. The van der Waals surface area contributed by atoms with E-state index in [0.29, 0.717) is 17.1 Å². The fourth-order valence-corrected chi connectivity index (χ4v) is 2.48. The number of nitrogens with zero attached hydrogens (tertiary/aromatic N) is 2. The van der Waals surface area contributed by atoms with Crippen molar-refractivity contribution in [2.24, 2.45) is 0 Å². The first-order chi connectivity index (χ1) is 9.60. The lowest BCUT2D eigenvalue weighted by Gasteiger charge is -2.12. The van der Waals surface area contributed by atoms with Crippen LogP contribution in [0.2, 0.25) is 5.02 Å². The van der Waals surface area contributed by atoms with Crippen LogP contribution in [0.4, 0.5) is 0 Å². The van der Waals surface area contributed by atoms with E-state index in [-0.39, 0.29) is 0 Å². The maximum Gasteiger partial charge on any atom is 0.312 e. The number of carboxylic acids is 1. The van der Waals surface area contributed by atoms with Crippen LogP contribution < -0.4 is 0 Å². The van der Waals surface area contributed by atoms with Crippen molar-refractivity contribution in [3.05, 3.63) is 52.9 Å². The van der Waals surface area contributed by atoms with Crippen LogP contribution in [-0.2, 0) is 11.2 Å². The second kappa shape index (κ2) is 6.72. The van der Waals surface area contributed by atoms with Crippen molar-refractivity contribution in [3.63, 3.8) is 0 Å². The summed E-state index contributed by atoms with van der Waals surface area (Å²) >= 11 is 7.38. The minimum absolute atomic E-state index is 0.348. The standard InChI is InChI=1S/C14H13ClN2O2S/c1-20-13-7-12(16-8-17-13)11(14(18)19)6-9-3-2-4-10(15)5-9/h2-5,7-8,11H,6H2,1H3,(H,18,19). The molecule has 20 heavy (non-hydrogen) atoms. The number of aromatic nitrogens is 2. The lowest BCUT2D eigenvalue weighted by molar-refractivity contribution is -0.138. The zero-order valence-corrected chi connectivity index (χ0v) is 12.4. The van der Waals surface area contributed by atoms with E-state index in [2.05, 4.69) is 9.97 Å². The Kier molecular flexibility index (Phi) is 4.98. The monoisotopic (exact) mass is 308 g/mol. The van der Waals surface area contributed by atoms with Gasteiger partial charge < -0.3 is 5.11 Å². The van der Waals surface area contributed by atoms with E-state index in [9.17, 15) is 9.90 Å². The summed E-state index contributed by atoms with van der Waals surface area (Å²) in [6.07, 6.45) is 3.63. The summed E-state index contributed by atoms with van der Waals surface area (Å²) in [5.74, 6) is -1.61. The van der Waals surface area contributed by atoms with Crippen molar-refractivity contribution in [1.29, 1.82) is 0 Å². The summed E-state index contributed by atoms with van der Waals surface area (Å²) in [7, 11) is 0. The molecule has 1 aromatic carbocycles. The van der Waals surface area contributed by atoms with Gasteiger partial charge in [-0.25, -0.2) is 9.97 Å². The van der Waals surface area contributed by atoms with Crippen molar-refractivity contribution >= 4 is 29.3 Å². The van der Waals surface area contributed by atoms with E-state index in [4.69, 9.17) is 11.6 Å². The number of carboxylic acid groups (broad SMARTS) is 1. The summed E-state index contributed by atoms with van der Waals surface area (Å²) in [5.41, 5.74) is 1.38. The molecule has 0 fully saturated rings. The third kappa shape index (κ3) is 3.71. The van der Waals surface area contributed by atoms with Crippen LogP contribution in [0.5, 0.6) is 0 Å². The van der Waals surface area contributed by atoms with Crippen LogP contribution in [0.3, 0.4) is 0 Å². The Morgan fingerprint density at radius 1 is 1.40 bits per heavy atom. The Morgan fingerprint density at radius 2 is 2.20 bits per heavy atom. The summed E-state index contributed by atoms with van der Waals surface area (Å²) < 4.78 is 0. The van der Waals surface area contributed by atoms with Gasteiger partial charge in [-0.3, -0.25) is 4.79 Å².